The van der Waals surface area contributed by atoms with Crippen molar-refractivity contribution < 1.29 is 18.3 Å². The number of aliphatic hydroxyl groups is 1. The highest BCUT2D eigenvalue weighted by Gasteiger charge is 2.10. The van der Waals surface area contributed by atoms with E-state index in [0.29, 0.717) is 12.4 Å². The lowest BCUT2D eigenvalue weighted by molar-refractivity contribution is 0.183. The van der Waals surface area contributed by atoms with Gasteiger partial charge in [-0.15, -0.1) is 0 Å². The largest absolute Gasteiger partial charge is 0.492 e. The van der Waals surface area contributed by atoms with Crippen molar-refractivity contribution in [3.63, 3.8) is 0 Å². The van der Waals surface area contributed by atoms with Gasteiger partial charge in [-0.25, -0.2) is 8.42 Å². The van der Waals surface area contributed by atoms with Gasteiger partial charge in [0, 0.05) is 6.26 Å². The van der Waals surface area contributed by atoms with Crippen LogP contribution in [-0.2, 0) is 9.84 Å². The second-order valence-electron chi connectivity index (χ2n) is 4.39. The first kappa shape index (κ1) is 15.9. The molecule has 0 aliphatic heterocycles. The number of hydrogen-bond donors (Lipinski definition) is 2. The van der Waals surface area contributed by atoms with Gasteiger partial charge in [-0.1, -0.05) is 13.0 Å². The van der Waals surface area contributed by atoms with Crippen LogP contribution in [-0.4, -0.2) is 45.6 Å². The van der Waals surface area contributed by atoms with Gasteiger partial charge in [-0.3, -0.25) is 0 Å². The van der Waals surface area contributed by atoms with Crippen LogP contribution in [0.1, 0.15) is 13.3 Å². The molecule has 0 aliphatic rings. The highest BCUT2D eigenvalue weighted by atomic mass is 32.2. The van der Waals surface area contributed by atoms with Crippen molar-refractivity contribution in [2.45, 2.75) is 24.3 Å². The molecule has 1 rings (SSSR count). The molecule has 19 heavy (non-hydrogen) atoms. The lowest BCUT2D eigenvalue weighted by Crippen LogP contribution is -2.38. The monoisotopic (exact) mass is 287 g/mol. The van der Waals surface area contributed by atoms with Gasteiger partial charge in [-0.05, 0) is 31.2 Å². The molecular weight excluding hydrogens is 266 g/mol. The number of ether oxygens (including phenoxy) is 1. The van der Waals surface area contributed by atoms with Gasteiger partial charge in [0.2, 0.25) is 0 Å². The van der Waals surface area contributed by atoms with E-state index in [9.17, 15) is 13.5 Å². The average Bonchev–Trinajstić information content (AvgIpc) is 2.38. The molecule has 1 unspecified atom stereocenters. The van der Waals surface area contributed by atoms with Crippen LogP contribution in [0.5, 0.6) is 5.75 Å². The predicted molar refractivity (Wildman–Crippen MR) is 74.2 cm³/mol. The van der Waals surface area contributed by atoms with Gasteiger partial charge in [0.1, 0.15) is 12.4 Å². The second kappa shape index (κ2) is 7.47. The first-order chi connectivity index (χ1) is 8.97. The SMILES string of the molecule is CCCNC(CO)COc1cccc(S(C)(=O)=O)c1. The van der Waals surface area contributed by atoms with Crippen LogP contribution in [0.3, 0.4) is 0 Å². The van der Waals surface area contributed by atoms with Gasteiger partial charge < -0.3 is 15.2 Å². The molecule has 0 heterocycles. The first-order valence-electron chi connectivity index (χ1n) is 6.24. The van der Waals surface area contributed by atoms with Crippen molar-refractivity contribution in [2.75, 3.05) is 26.0 Å². The average molecular weight is 287 g/mol. The summed E-state index contributed by atoms with van der Waals surface area (Å²) in [5.41, 5.74) is 0. The molecule has 5 nitrogen and oxygen atoms in total. The Labute approximate surface area is 114 Å². The van der Waals surface area contributed by atoms with Crippen LogP contribution < -0.4 is 10.1 Å². The van der Waals surface area contributed by atoms with Crippen molar-refractivity contribution in [3.8, 4) is 5.75 Å². The lowest BCUT2D eigenvalue weighted by Gasteiger charge is -2.16. The standard InChI is InChI=1S/C13H21NO4S/c1-3-7-14-11(9-15)10-18-12-5-4-6-13(8-12)19(2,16)17/h4-6,8,11,14-15H,3,7,9-10H2,1-2H3. The molecule has 6 heteroatoms. The summed E-state index contributed by atoms with van der Waals surface area (Å²) in [5, 5.41) is 12.3. The summed E-state index contributed by atoms with van der Waals surface area (Å²) in [6.07, 6.45) is 2.13. The molecule has 108 valence electrons. The quantitative estimate of drug-likeness (QED) is 0.740. The highest BCUT2D eigenvalue weighted by Crippen LogP contribution is 2.17. The van der Waals surface area contributed by atoms with E-state index in [4.69, 9.17) is 4.74 Å². The summed E-state index contributed by atoms with van der Waals surface area (Å²) in [6.45, 7) is 3.12. The van der Waals surface area contributed by atoms with E-state index in [1.807, 2.05) is 6.92 Å². The maximum absolute atomic E-state index is 11.4. The Bertz CT molecular complexity index is 487. The molecule has 0 amide bonds. The molecule has 0 spiro atoms. The third-order valence-corrected chi connectivity index (χ3v) is 3.70. The van der Waals surface area contributed by atoms with Crippen molar-refractivity contribution >= 4 is 9.84 Å². The molecule has 0 bridgehead atoms. The molecule has 2 N–H and O–H groups in total. The van der Waals surface area contributed by atoms with Crippen LogP contribution in [0.4, 0.5) is 0 Å². The molecule has 0 aromatic heterocycles. The van der Waals surface area contributed by atoms with Crippen LogP contribution >= 0.6 is 0 Å². The molecule has 0 saturated carbocycles. The zero-order valence-corrected chi connectivity index (χ0v) is 12.1. The summed E-state index contributed by atoms with van der Waals surface area (Å²) in [5.74, 6) is 0.486. The Hall–Kier alpha value is -1.11. The van der Waals surface area contributed by atoms with Crippen molar-refractivity contribution in [1.82, 2.24) is 5.32 Å². The first-order valence-corrected chi connectivity index (χ1v) is 8.13. The number of nitrogens with one attached hydrogen (secondary N) is 1. The molecule has 1 atom stereocenters. The van der Waals surface area contributed by atoms with Crippen LogP contribution in [0.2, 0.25) is 0 Å². The maximum atomic E-state index is 11.4. The fraction of sp³-hybridized carbons (Fsp3) is 0.538. The Balaban J connectivity index is 2.62. The molecule has 0 radical (unpaired) electrons. The van der Waals surface area contributed by atoms with Gasteiger partial charge in [-0.2, -0.15) is 0 Å². The smallest absolute Gasteiger partial charge is 0.175 e. The van der Waals surface area contributed by atoms with Crippen molar-refractivity contribution in [3.05, 3.63) is 24.3 Å². The van der Waals surface area contributed by atoms with Crippen molar-refractivity contribution in [2.24, 2.45) is 0 Å². The fourth-order valence-corrected chi connectivity index (χ4v) is 2.17. The zero-order valence-electron chi connectivity index (χ0n) is 11.3. The summed E-state index contributed by atoms with van der Waals surface area (Å²) in [7, 11) is -3.23. The topological polar surface area (TPSA) is 75.6 Å². The number of sulfone groups is 1. The van der Waals surface area contributed by atoms with E-state index >= 15 is 0 Å². The molecule has 0 aliphatic carbocycles. The fourth-order valence-electron chi connectivity index (χ4n) is 1.52. The number of rotatable bonds is 8. The molecule has 0 saturated heterocycles. The Morgan fingerprint density at radius 2 is 2.16 bits per heavy atom. The normalized spacial score (nSPS) is 13.2. The summed E-state index contributed by atoms with van der Waals surface area (Å²) in [6, 6.07) is 6.20. The molecule has 1 aromatic carbocycles. The number of benzene rings is 1. The number of hydrogen-bond acceptors (Lipinski definition) is 5. The molecule has 0 fully saturated rings. The van der Waals surface area contributed by atoms with E-state index in [1.165, 1.54) is 12.1 Å². The van der Waals surface area contributed by atoms with Gasteiger partial charge in [0.05, 0.1) is 17.5 Å². The third-order valence-electron chi connectivity index (χ3n) is 2.59. The van der Waals surface area contributed by atoms with E-state index < -0.39 is 9.84 Å². The minimum atomic E-state index is -3.23. The van der Waals surface area contributed by atoms with Gasteiger partial charge in [0.25, 0.3) is 0 Å². The molecular formula is C13H21NO4S. The number of aliphatic hydroxyl groups excluding tert-OH is 1. The minimum absolute atomic E-state index is 0.0221. The van der Waals surface area contributed by atoms with E-state index in [0.717, 1.165) is 19.2 Å². The predicted octanol–water partition coefficient (Wildman–Crippen LogP) is 0.829. The van der Waals surface area contributed by atoms with Gasteiger partial charge in [0.15, 0.2) is 9.84 Å². The van der Waals surface area contributed by atoms with Crippen LogP contribution in [0, 0.1) is 0 Å². The summed E-state index contributed by atoms with van der Waals surface area (Å²) in [4.78, 5) is 0.229. The lowest BCUT2D eigenvalue weighted by atomic mass is 10.3. The van der Waals surface area contributed by atoms with Crippen LogP contribution in [0.15, 0.2) is 29.2 Å². The van der Waals surface area contributed by atoms with E-state index in [-0.39, 0.29) is 17.5 Å². The Morgan fingerprint density at radius 1 is 1.42 bits per heavy atom. The Kier molecular flexibility index (Phi) is 6.27. The van der Waals surface area contributed by atoms with E-state index in [2.05, 4.69) is 5.32 Å². The Morgan fingerprint density at radius 3 is 2.74 bits per heavy atom. The van der Waals surface area contributed by atoms with Gasteiger partial charge >= 0.3 is 0 Å². The zero-order chi connectivity index (χ0) is 14.3. The highest BCUT2D eigenvalue weighted by molar-refractivity contribution is 7.90. The maximum Gasteiger partial charge on any atom is 0.175 e. The van der Waals surface area contributed by atoms with Crippen molar-refractivity contribution in [1.29, 1.82) is 0 Å². The van der Waals surface area contributed by atoms with E-state index in [1.54, 1.807) is 12.1 Å². The third kappa shape index (κ3) is 5.59. The molecule has 1 aromatic rings. The van der Waals surface area contributed by atoms with Crippen LogP contribution in [0.25, 0.3) is 0 Å². The summed E-state index contributed by atoms with van der Waals surface area (Å²) >= 11 is 0. The minimum Gasteiger partial charge on any atom is -0.492 e. The summed E-state index contributed by atoms with van der Waals surface area (Å²) < 4.78 is 28.3. The second-order valence-corrected chi connectivity index (χ2v) is 6.41.